The van der Waals surface area contributed by atoms with Gasteiger partial charge in [0.2, 0.25) is 5.96 Å². The quantitative estimate of drug-likeness (QED) is 0.131. The molecule has 0 spiro atoms. The molecule has 0 fully saturated rings. The molecule has 51 heavy (non-hydrogen) atoms. The van der Waals surface area contributed by atoms with E-state index >= 15 is 0 Å². The molecule has 9 rings (SSSR count). The van der Waals surface area contributed by atoms with Gasteiger partial charge in [-0.15, -0.1) is 0 Å². The summed E-state index contributed by atoms with van der Waals surface area (Å²) in [6, 6.07) is 61.6. The van der Waals surface area contributed by atoms with Crippen molar-refractivity contribution in [2.45, 2.75) is 6.92 Å². The number of hydrogen-bond donors (Lipinski definition) is 0. The van der Waals surface area contributed by atoms with Gasteiger partial charge in [-0.3, -0.25) is 4.57 Å². The van der Waals surface area contributed by atoms with Gasteiger partial charge in [-0.2, -0.15) is 0 Å². The Hall–Kier alpha value is -6.78. The van der Waals surface area contributed by atoms with Crippen LogP contribution in [0.1, 0.15) is 18.1 Å². The Bertz CT molecular complexity index is 2800. The summed E-state index contributed by atoms with van der Waals surface area (Å²) in [6.07, 6.45) is 0. The third-order valence-electron chi connectivity index (χ3n) is 9.70. The zero-order valence-electron chi connectivity index (χ0n) is 28.2. The zero-order chi connectivity index (χ0) is 34.3. The Morgan fingerprint density at radius 1 is 0.451 bits per heavy atom. The number of rotatable bonds is 5. The highest BCUT2D eigenvalue weighted by Gasteiger charge is 2.18. The molecule has 0 amide bonds. The van der Waals surface area contributed by atoms with Gasteiger partial charge >= 0.3 is 0 Å². The monoisotopic (exact) mass is 654 g/mol. The van der Waals surface area contributed by atoms with Gasteiger partial charge in [0.15, 0.2) is 0 Å². The standard InChI is InChI=1S/C47H34N4/c1-32(34-16-6-3-7-17-34)48-47(49-33(2)35-18-8-4-9-19-35)51-44-25-15-12-22-39(44)41-28-26-37(31-46(41)51)36-27-29-45-42(30-36)40-23-13-14-24-43(40)50(45)38-20-10-5-11-21-38/h3-31H,1H2,2H3/b48-47?,49-33+. The Morgan fingerprint density at radius 2 is 0.980 bits per heavy atom. The molecule has 242 valence electrons. The minimum atomic E-state index is 0.565. The van der Waals surface area contributed by atoms with Crippen molar-refractivity contribution >= 4 is 61.0 Å². The van der Waals surface area contributed by atoms with Crippen LogP contribution < -0.4 is 0 Å². The summed E-state index contributed by atoms with van der Waals surface area (Å²) in [6.45, 7) is 6.42. The summed E-state index contributed by atoms with van der Waals surface area (Å²) >= 11 is 0. The van der Waals surface area contributed by atoms with E-state index in [1.807, 2.05) is 55.5 Å². The number of aliphatic imine (C=N–C) groups is 2. The summed E-state index contributed by atoms with van der Waals surface area (Å²) in [5.41, 5.74) is 11.4. The van der Waals surface area contributed by atoms with Crippen molar-refractivity contribution in [3.05, 3.63) is 194 Å². The van der Waals surface area contributed by atoms with Gasteiger partial charge in [0.05, 0.1) is 27.8 Å². The molecule has 2 heterocycles. The Kier molecular flexibility index (Phi) is 7.48. The Morgan fingerprint density at radius 3 is 1.71 bits per heavy atom. The molecule has 0 radical (unpaired) electrons. The Labute approximate surface area is 296 Å². The third-order valence-corrected chi connectivity index (χ3v) is 9.70. The molecule has 0 unspecified atom stereocenters. The topological polar surface area (TPSA) is 34.6 Å². The van der Waals surface area contributed by atoms with E-state index in [9.17, 15) is 0 Å². The van der Waals surface area contributed by atoms with Crippen LogP contribution in [0, 0.1) is 0 Å². The van der Waals surface area contributed by atoms with E-state index in [-0.39, 0.29) is 0 Å². The fourth-order valence-electron chi connectivity index (χ4n) is 7.21. The van der Waals surface area contributed by atoms with Crippen LogP contribution in [0.2, 0.25) is 0 Å². The minimum absolute atomic E-state index is 0.565. The van der Waals surface area contributed by atoms with Crippen molar-refractivity contribution in [2.75, 3.05) is 0 Å². The number of nitrogens with zero attached hydrogens (tertiary/aromatic N) is 4. The van der Waals surface area contributed by atoms with Crippen LogP contribution in [0.4, 0.5) is 0 Å². The zero-order valence-corrected chi connectivity index (χ0v) is 28.2. The summed E-state index contributed by atoms with van der Waals surface area (Å²) in [7, 11) is 0. The van der Waals surface area contributed by atoms with Crippen molar-refractivity contribution in [1.29, 1.82) is 0 Å². The van der Waals surface area contributed by atoms with Crippen molar-refractivity contribution in [3.63, 3.8) is 0 Å². The number of aromatic nitrogens is 2. The summed E-state index contributed by atoms with van der Waals surface area (Å²) in [5, 5.41) is 4.73. The van der Waals surface area contributed by atoms with Crippen LogP contribution >= 0.6 is 0 Å². The van der Waals surface area contributed by atoms with Crippen LogP contribution in [-0.2, 0) is 0 Å². The molecule has 4 heteroatoms. The van der Waals surface area contributed by atoms with Crippen LogP contribution in [0.3, 0.4) is 0 Å². The first-order valence-electron chi connectivity index (χ1n) is 17.2. The van der Waals surface area contributed by atoms with E-state index in [4.69, 9.17) is 9.98 Å². The fraction of sp³-hybridized carbons (Fsp3) is 0.0213. The minimum Gasteiger partial charge on any atom is -0.309 e. The van der Waals surface area contributed by atoms with Gasteiger partial charge in [0, 0.05) is 32.9 Å². The SMILES string of the molecule is C=C(N=C(/N=C(\C)c1ccccc1)n1c2ccccc2c2ccc(-c3ccc4c(c3)c3ccccc3n4-c3ccccc3)cc21)c1ccccc1. The van der Waals surface area contributed by atoms with Crippen molar-refractivity contribution < 1.29 is 0 Å². The maximum absolute atomic E-state index is 5.23. The molecule has 0 saturated heterocycles. The molecule has 0 aliphatic rings. The van der Waals surface area contributed by atoms with Crippen molar-refractivity contribution in [3.8, 4) is 16.8 Å². The highest BCUT2D eigenvalue weighted by molar-refractivity contribution is 6.18. The molecule has 0 aliphatic carbocycles. The molecule has 0 saturated carbocycles. The smallest absolute Gasteiger partial charge is 0.235 e. The van der Waals surface area contributed by atoms with E-state index in [0.717, 1.165) is 55.5 Å². The second-order valence-electron chi connectivity index (χ2n) is 12.8. The Balaban J connectivity index is 1.27. The molecule has 0 N–H and O–H groups in total. The van der Waals surface area contributed by atoms with Crippen LogP contribution in [-0.4, -0.2) is 20.8 Å². The maximum Gasteiger partial charge on any atom is 0.235 e. The van der Waals surface area contributed by atoms with Gasteiger partial charge < -0.3 is 4.57 Å². The first-order chi connectivity index (χ1) is 25.1. The molecule has 7 aromatic carbocycles. The van der Waals surface area contributed by atoms with E-state index in [1.54, 1.807) is 0 Å². The van der Waals surface area contributed by atoms with Gasteiger partial charge in [0.25, 0.3) is 0 Å². The summed E-state index contributed by atoms with van der Waals surface area (Å²) in [5.74, 6) is 0.565. The maximum atomic E-state index is 5.23. The first kappa shape index (κ1) is 30.3. The van der Waals surface area contributed by atoms with Crippen LogP contribution in [0.5, 0.6) is 0 Å². The van der Waals surface area contributed by atoms with Crippen LogP contribution in [0.25, 0.3) is 66.1 Å². The average molecular weight is 655 g/mol. The molecule has 2 aromatic heterocycles. The molecular weight excluding hydrogens is 621 g/mol. The van der Waals surface area contributed by atoms with E-state index in [2.05, 4.69) is 143 Å². The molecule has 0 atom stereocenters. The lowest BCUT2D eigenvalue weighted by molar-refractivity contribution is 1.18. The summed E-state index contributed by atoms with van der Waals surface area (Å²) in [4.78, 5) is 10.4. The first-order valence-corrected chi connectivity index (χ1v) is 17.2. The van der Waals surface area contributed by atoms with Gasteiger partial charge in [0.1, 0.15) is 0 Å². The molecule has 4 nitrogen and oxygen atoms in total. The number of fused-ring (bicyclic) bond motifs is 6. The number of para-hydroxylation sites is 3. The molecular formula is C47H34N4. The highest BCUT2D eigenvalue weighted by atomic mass is 15.2. The third kappa shape index (κ3) is 5.34. The van der Waals surface area contributed by atoms with Gasteiger partial charge in [-0.1, -0.05) is 140 Å². The number of hydrogen-bond acceptors (Lipinski definition) is 1. The largest absolute Gasteiger partial charge is 0.309 e. The second-order valence-corrected chi connectivity index (χ2v) is 12.8. The van der Waals surface area contributed by atoms with Crippen molar-refractivity contribution in [2.24, 2.45) is 9.98 Å². The van der Waals surface area contributed by atoms with Crippen LogP contribution in [0.15, 0.2) is 192 Å². The van der Waals surface area contributed by atoms with Crippen molar-refractivity contribution in [1.82, 2.24) is 9.13 Å². The lowest BCUT2D eigenvalue weighted by Crippen LogP contribution is -2.12. The predicted octanol–water partition coefficient (Wildman–Crippen LogP) is 11.9. The van der Waals surface area contributed by atoms with Gasteiger partial charge in [-0.05, 0) is 71.6 Å². The lowest BCUT2D eigenvalue weighted by atomic mass is 10.0. The fourth-order valence-corrected chi connectivity index (χ4v) is 7.21. The number of benzene rings is 7. The highest BCUT2D eigenvalue weighted by Crippen LogP contribution is 2.37. The van der Waals surface area contributed by atoms with E-state index < -0.39 is 0 Å². The predicted molar refractivity (Wildman–Crippen MR) is 216 cm³/mol. The van der Waals surface area contributed by atoms with Gasteiger partial charge in [-0.25, -0.2) is 9.98 Å². The lowest BCUT2D eigenvalue weighted by Gasteiger charge is -2.12. The van der Waals surface area contributed by atoms with E-state index in [0.29, 0.717) is 11.7 Å². The average Bonchev–Trinajstić information content (AvgIpc) is 3.70. The molecule has 0 bridgehead atoms. The molecule has 0 aliphatic heterocycles. The summed E-state index contributed by atoms with van der Waals surface area (Å²) < 4.78 is 4.54. The second kappa shape index (κ2) is 12.6. The van der Waals surface area contributed by atoms with E-state index in [1.165, 1.54) is 21.8 Å². The normalized spacial score (nSPS) is 12.3. The molecule has 9 aromatic rings.